The van der Waals surface area contributed by atoms with E-state index < -0.39 is 13.2 Å². The average Bonchev–Trinajstić information content (AvgIpc) is 3.62. The van der Waals surface area contributed by atoms with Crippen molar-refractivity contribution in [2.75, 3.05) is 37.7 Å². The van der Waals surface area contributed by atoms with E-state index >= 15 is 0 Å². The number of hydrogen-bond acceptors (Lipinski definition) is 8. The van der Waals surface area contributed by atoms with E-state index in [2.05, 4.69) is 30.5 Å². The fourth-order valence-electron chi connectivity index (χ4n) is 7.44. The predicted octanol–water partition coefficient (Wildman–Crippen LogP) is 3.79. The maximum atomic E-state index is 14.3. The summed E-state index contributed by atoms with van der Waals surface area (Å²) in [7, 11) is -0.478. The zero-order valence-corrected chi connectivity index (χ0v) is 23.3. The molecule has 198 valence electrons. The fourth-order valence-corrected chi connectivity index (χ4v) is 8.23. The number of rotatable bonds is 5. The van der Waals surface area contributed by atoms with E-state index in [4.69, 9.17) is 31.0 Å². The largest absolute Gasteiger partial charge is 0.461 e. The number of hydrogen-bond donors (Lipinski definition) is 1. The molecular formula is C25H31BBrClFN5O3. The van der Waals surface area contributed by atoms with E-state index in [1.807, 2.05) is 6.82 Å². The highest BCUT2D eigenvalue weighted by molar-refractivity contribution is 9.10. The Hall–Kier alpha value is -1.24. The Kier molecular flexibility index (Phi) is 6.14. The Morgan fingerprint density at radius 2 is 1.97 bits per heavy atom. The van der Waals surface area contributed by atoms with Gasteiger partial charge < -0.3 is 24.2 Å². The van der Waals surface area contributed by atoms with Gasteiger partial charge in [0.1, 0.15) is 18.6 Å². The lowest BCUT2D eigenvalue weighted by Gasteiger charge is -2.43. The summed E-state index contributed by atoms with van der Waals surface area (Å²) in [5, 5.41) is 11.7. The lowest BCUT2D eigenvalue weighted by atomic mass is 9.83. The molecule has 12 heteroatoms. The van der Waals surface area contributed by atoms with Crippen molar-refractivity contribution < 1.29 is 18.9 Å². The normalized spacial score (nSPS) is 31.4. The second-order valence-corrected chi connectivity index (χ2v) is 12.5. The summed E-state index contributed by atoms with van der Waals surface area (Å²) in [5.41, 5.74) is 2.50. The van der Waals surface area contributed by atoms with Gasteiger partial charge in [-0.25, -0.2) is 4.39 Å². The highest BCUT2D eigenvalue weighted by Gasteiger charge is 2.50. The van der Waals surface area contributed by atoms with Gasteiger partial charge in [0.05, 0.1) is 34.7 Å². The number of piperazine rings is 1. The molecule has 0 spiro atoms. The van der Waals surface area contributed by atoms with Crippen molar-refractivity contribution in [2.24, 2.45) is 0 Å². The summed E-state index contributed by atoms with van der Waals surface area (Å²) in [6.07, 6.45) is 3.74. The van der Waals surface area contributed by atoms with Gasteiger partial charge in [0, 0.05) is 42.6 Å². The molecule has 8 nitrogen and oxygen atoms in total. The van der Waals surface area contributed by atoms with Gasteiger partial charge in [0.15, 0.2) is 0 Å². The monoisotopic (exact) mass is 593 g/mol. The van der Waals surface area contributed by atoms with Crippen molar-refractivity contribution in [2.45, 2.75) is 75.9 Å². The van der Waals surface area contributed by atoms with Crippen molar-refractivity contribution in [3.05, 3.63) is 20.6 Å². The zero-order valence-electron chi connectivity index (χ0n) is 20.9. The van der Waals surface area contributed by atoms with Crippen molar-refractivity contribution in [3.63, 3.8) is 0 Å². The van der Waals surface area contributed by atoms with Crippen LogP contribution in [0, 0.1) is 0 Å². The third-order valence-corrected chi connectivity index (χ3v) is 10.7. The second kappa shape index (κ2) is 9.16. The summed E-state index contributed by atoms with van der Waals surface area (Å²) in [6.45, 7) is 6.12. The zero-order chi connectivity index (χ0) is 25.5. The molecule has 4 fully saturated rings. The number of fused-ring (bicyclic) bond motifs is 6. The third kappa shape index (κ3) is 3.90. The molecule has 5 aliphatic heterocycles. The first-order valence-electron chi connectivity index (χ1n) is 13.4. The smallest absolute Gasteiger partial charge is 0.376 e. The quantitative estimate of drug-likeness (QED) is 0.525. The van der Waals surface area contributed by atoms with Gasteiger partial charge in [-0.2, -0.15) is 9.97 Å². The Bertz CT molecular complexity index is 1250. The van der Waals surface area contributed by atoms with Gasteiger partial charge in [-0.3, -0.25) is 4.90 Å². The van der Waals surface area contributed by atoms with Gasteiger partial charge in [0.25, 0.3) is 0 Å². The molecule has 1 aromatic heterocycles. The minimum Gasteiger partial charge on any atom is -0.461 e. The number of halogens is 3. The first-order valence-corrected chi connectivity index (χ1v) is 14.5. The van der Waals surface area contributed by atoms with Crippen LogP contribution in [0.1, 0.15) is 43.2 Å². The lowest BCUT2D eigenvalue weighted by Crippen LogP contribution is -2.57. The summed E-state index contributed by atoms with van der Waals surface area (Å²) in [5.74, 6) is 0.837. The van der Waals surface area contributed by atoms with E-state index in [0.29, 0.717) is 43.3 Å². The van der Waals surface area contributed by atoms with Gasteiger partial charge in [-0.1, -0.05) is 11.6 Å². The van der Waals surface area contributed by atoms with Crippen molar-refractivity contribution in [3.8, 4) is 6.01 Å². The number of alkyl halides is 1. The molecule has 5 aliphatic rings. The molecule has 1 aromatic carbocycles. The summed E-state index contributed by atoms with van der Waals surface area (Å²) >= 11 is 10.6. The number of ether oxygens (including phenoxy) is 2. The van der Waals surface area contributed by atoms with Gasteiger partial charge in [0.2, 0.25) is 0 Å². The van der Waals surface area contributed by atoms with E-state index in [9.17, 15) is 9.41 Å². The van der Waals surface area contributed by atoms with Crippen LogP contribution < -0.4 is 9.64 Å². The van der Waals surface area contributed by atoms with Gasteiger partial charge in [-0.15, -0.1) is 0 Å². The maximum absolute atomic E-state index is 14.3. The number of nitrogens with zero attached hydrogens (tertiary/aromatic N) is 5. The van der Waals surface area contributed by atoms with Crippen LogP contribution in [-0.4, -0.2) is 88.3 Å². The Morgan fingerprint density at radius 3 is 2.73 bits per heavy atom. The molecule has 0 amide bonds. The van der Waals surface area contributed by atoms with Crippen molar-refractivity contribution >= 4 is 51.3 Å². The number of benzene rings is 1. The molecule has 7 rings (SSSR count). The van der Waals surface area contributed by atoms with Crippen LogP contribution in [0.5, 0.6) is 6.01 Å². The molecule has 37 heavy (non-hydrogen) atoms. The standard InChI is InChI=1S/C25H31BBrClFN5O3/c1-26(35)33-9-15-3-4-16(10-33)34(15)23-19-17-11-36-12-18(17)20(27)21(28)22(19)30-24(31-23)37-13-25-5-2-6-32(25)8-14(29)7-25/h14-16,35H,2-13H2,1H3/t14-,15?,16?,25+/m1/s1. The molecule has 1 N–H and O–H groups in total. The first-order chi connectivity index (χ1) is 17.8. The van der Waals surface area contributed by atoms with E-state index in [0.717, 1.165) is 72.1 Å². The minimum absolute atomic E-state index is 0.228. The van der Waals surface area contributed by atoms with Crippen LogP contribution in [0.25, 0.3) is 10.9 Å². The molecule has 0 radical (unpaired) electrons. The van der Waals surface area contributed by atoms with E-state index in [-0.39, 0.29) is 23.6 Å². The van der Waals surface area contributed by atoms with Crippen molar-refractivity contribution in [1.82, 2.24) is 19.7 Å². The molecule has 2 aromatic rings. The third-order valence-electron chi connectivity index (χ3n) is 9.21. The molecule has 4 atom stereocenters. The molecular weight excluding hydrogens is 563 g/mol. The maximum Gasteiger partial charge on any atom is 0.376 e. The summed E-state index contributed by atoms with van der Waals surface area (Å²) in [6, 6.07) is 0.743. The Morgan fingerprint density at radius 1 is 1.22 bits per heavy atom. The highest BCUT2D eigenvalue weighted by Crippen LogP contribution is 2.47. The van der Waals surface area contributed by atoms with Crippen LogP contribution in [0.15, 0.2) is 4.47 Å². The van der Waals surface area contributed by atoms with Crippen LogP contribution in [0.2, 0.25) is 11.8 Å². The molecule has 4 saturated heterocycles. The topological polar surface area (TPSA) is 74.2 Å². The number of aromatic nitrogens is 2. The Balaban J connectivity index is 1.32. The van der Waals surface area contributed by atoms with E-state index in [1.165, 1.54) is 0 Å². The molecule has 6 heterocycles. The van der Waals surface area contributed by atoms with Gasteiger partial charge in [-0.05, 0) is 66.1 Å². The average molecular weight is 595 g/mol. The summed E-state index contributed by atoms with van der Waals surface area (Å²) in [4.78, 5) is 16.7. The number of anilines is 1. The van der Waals surface area contributed by atoms with Gasteiger partial charge >= 0.3 is 13.1 Å². The van der Waals surface area contributed by atoms with Crippen LogP contribution in [-0.2, 0) is 18.0 Å². The first kappa shape index (κ1) is 24.8. The lowest BCUT2D eigenvalue weighted by molar-refractivity contribution is 0.107. The predicted molar refractivity (Wildman–Crippen MR) is 144 cm³/mol. The van der Waals surface area contributed by atoms with Crippen molar-refractivity contribution in [1.29, 1.82) is 0 Å². The summed E-state index contributed by atoms with van der Waals surface area (Å²) < 4.78 is 27.3. The second-order valence-electron chi connectivity index (χ2n) is 11.4. The highest BCUT2D eigenvalue weighted by atomic mass is 79.9. The fraction of sp³-hybridized carbons (Fsp3) is 0.680. The van der Waals surface area contributed by atoms with E-state index in [1.54, 1.807) is 0 Å². The van der Waals surface area contributed by atoms with Crippen LogP contribution in [0.3, 0.4) is 0 Å². The molecule has 2 unspecified atom stereocenters. The molecule has 2 bridgehead atoms. The molecule has 0 saturated carbocycles. The molecule has 0 aliphatic carbocycles. The Labute approximate surface area is 229 Å². The van der Waals surface area contributed by atoms with Crippen LogP contribution >= 0.6 is 27.5 Å². The SMILES string of the molecule is CB(O)N1CC2CCC(C1)N2c1nc(OC[C@@]23CCCN2C[C@H](F)C3)nc2c(Cl)c(Br)c3c(c12)COC3. The van der Waals surface area contributed by atoms with Crippen LogP contribution in [0.4, 0.5) is 10.2 Å². The minimum atomic E-state index is -0.814.